The van der Waals surface area contributed by atoms with Crippen molar-refractivity contribution in [1.82, 2.24) is 24.4 Å². The number of nitrogens with zero attached hydrogens (tertiary/aromatic N) is 5. The van der Waals surface area contributed by atoms with Crippen LogP contribution >= 0.6 is 0 Å². The molecule has 0 saturated heterocycles. The van der Waals surface area contributed by atoms with Gasteiger partial charge < -0.3 is 4.57 Å². The van der Waals surface area contributed by atoms with Crippen molar-refractivity contribution in [2.24, 2.45) is 7.05 Å². The lowest BCUT2D eigenvalue weighted by molar-refractivity contribution is -0.145. The lowest BCUT2D eigenvalue weighted by Gasteiger charge is -2.27. The van der Waals surface area contributed by atoms with Gasteiger partial charge in [0.25, 0.3) is 0 Å². The van der Waals surface area contributed by atoms with Gasteiger partial charge in [0.05, 0.1) is 23.3 Å². The summed E-state index contributed by atoms with van der Waals surface area (Å²) in [5.41, 5.74) is 3.24. The summed E-state index contributed by atoms with van der Waals surface area (Å²) in [5, 5.41) is 0. The third-order valence-corrected chi connectivity index (χ3v) is 4.51. The third-order valence-electron chi connectivity index (χ3n) is 4.51. The number of para-hydroxylation sites is 2. The minimum atomic E-state index is -4.50. The summed E-state index contributed by atoms with van der Waals surface area (Å²) >= 11 is 0. The summed E-state index contributed by atoms with van der Waals surface area (Å²) in [6.07, 6.45) is -2.73. The minimum Gasteiger partial charge on any atom is -0.330 e. The quantitative estimate of drug-likeness (QED) is 0.715. The highest BCUT2D eigenvalue weighted by Crippen LogP contribution is 2.28. The molecule has 25 heavy (non-hydrogen) atoms. The number of halogens is 3. The zero-order chi connectivity index (χ0) is 17.6. The van der Waals surface area contributed by atoms with Gasteiger partial charge in [-0.3, -0.25) is 4.90 Å². The van der Waals surface area contributed by atoms with E-state index in [9.17, 15) is 13.2 Å². The molecule has 0 aliphatic carbocycles. The molecule has 0 N–H and O–H groups in total. The zero-order valence-corrected chi connectivity index (χ0v) is 13.6. The predicted molar refractivity (Wildman–Crippen MR) is 85.6 cm³/mol. The van der Waals surface area contributed by atoms with Crippen LogP contribution in [0.5, 0.6) is 0 Å². The molecule has 1 aromatic carbocycles. The first-order valence-corrected chi connectivity index (χ1v) is 7.96. The maximum atomic E-state index is 12.7. The number of benzene rings is 1. The molecule has 4 rings (SSSR count). The van der Waals surface area contributed by atoms with Gasteiger partial charge in [0.15, 0.2) is 0 Å². The van der Waals surface area contributed by atoms with E-state index in [1.165, 1.54) is 6.20 Å². The summed E-state index contributed by atoms with van der Waals surface area (Å²) in [4.78, 5) is 14.0. The average molecular weight is 347 g/mol. The Morgan fingerprint density at radius 1 is 1.16 bits per heavy atom. The molecule has 0 bridgehead atoms. The molecule has 5 nitrogen and oxygen atoms in total. The van der Waals surface area contributed by atoms with Crippen molar-refractivity contribution < 1.29 is 13.2 Å². The Kier molecular flexibility index (Phi) is 3.72. The van der Waals surface area contributed by atoms with Gasteiger partial charge in [-0.15, -0.1) is 0 Å². The van der Waals surface area contributed by atoms with Gasteiger partial charge in [-0.05, 0) is 12.1 Å². The first kappa shape index (κ1) is 16.0. The van der Waals surface area contributed by atoms with E-state index in [1.54, 1.807) is 0 Å². The molecule has 0 atom stereocenters. The van der Waals surface area contributed by atoms with Crippen LogP contribution in [-0.4, -0.2) is 31.0 Å². The van der Waals surface area contributed by atoms with E-state index >= 15 is 0 Å². The molecular weight excluding hydrogens is 331 g/mol. The molecule has 0 spiro atoms. The fourth-order valence-electron chi connectivity index (χ4n) is 3.18. The Morgan fingerprint density at radius 3 is 2.72 bits per heavy atom. The zero-order valence-electron chi connectivity index (χ0n) is 13.6. The van der Waals surface area contributed by atoms with Crippen molar-refractivity contribution >= 4 is 11.0 Å². The van der Waals surface area contributed by atoms with Crippen molar-refractivity contribution in [3.63, 3.8) is 0 Å². The number of hydrogen-bond donors (Lipinski definition) is 0. The van der Waals surface area contributed by atoms with Crippen molar-refractivity contribution in [1.29, 1.82) is 0 Å². The summed E-state index contributed by atoms with van der Waals surface area (Å²) in [6, 6.07) is 7.91. The number of alkyl halides is 3. The Labute approximate surface area is 142 Å². The van der Waals surface area contributed by atoms with E-state index in [0.29, 0.717) is 31.7 Å². The number of hydrogen-bond acceptors (Lipinski definition) is 4. The monoisotopic (exact) mass is 347 g/mol. The number of rotatable bonds is 2. The second kappa shape index (κ2) is 5.80. The molecule has 0 fully saturated rings. The minimum absolute atomic E-state index is 0.477. The fourth-order valence-corrected chi connectivity index (χ4v) is 3.18. The predicted octanol–water partition coefficient (Wildman–Crippen LogP) is 2.94. The van der Waals surface area contributed by atoms with E-state index in [0.717, 1.165) is 22.4 Å². The summed E-state index contributed by atoms with van der Waals surface area (Å²) in [6.45, 7) is 1.80. The molecule has 3 heterocycles. The van der Waals surface area contributed by atoms with E-state index < -0.39 is 12.0 Å². The largest absolute Gasteiger partial charge is 0.451 e. The maximum absolute atomic E-state index is 12.7. The smallest absolute Gasteiger partial charge is 0.330 e. The maximum Gasteiger partial charge on any atom is 0.451 e. The molecule has 0 radical (unpaired) electrons. The van der Waals surface area contributed by atoms with Crippen LogP contribution in [0.4, 0.5) is 13.2 Å². The average Bonchev–Trinajstić information content (AvgIpc) is 2.90. The van der Waals surface area contributed by atoms with Gasteiger partial charge in [-0.1, -0.05) is 12.1 Å². The van der Waals surface area contributed by atoms with Crippen LogP contribution in [0.3, 0.4) is 0 Å². The fraction of sp³-hybridized carbons (Fsp3) is 0.353. The summed E-state index contributed by atoms with van der Waals surface area (Å²) in [7, 11) is 1.97. The number of fused-ring (bicyclic) bond motifs is 2. The Hall–Kier alpha value is -2.48. The molecule has 0 unspecified atom stereocenters. The molecule has 2 aromatic heterocycles. The number of imidazole rings is 1. The van der Waals surface area contributed by atoms with Crippen molar-refractivity contribution in [3.8, 4) is 0 Å². The highest BCUT2D eigenvalue weighted by Gasteiger charge is 2.35. The highest BCUT2D eigenvalue weighted by molar-refractivity contribution is 5.75. The van der Waals surface area contributed by atoms with Crippen molar-refractivity contribution in [3.05, 3.63) is 53.4 Å². The first-order valence-electron chi connectivity index (χ1n) is 7.96. The Morgan fingerprint density at radius 2 is 1.96 bits per heavy atom. The molecule has 0 saturated carbocycles. The molecule has 8 heteroatoms. The molecule has 130 valence electrons. The summed E-state index contributed by atoms with van der Waals surface area (Å²) in [5.74, 6) is -0.132. The standard InChI is InChI=1S/C17H16F3N5/c1-24-14-5-3-2-4-13(14)22-15(24)10-25-7-6-12-11(9-25)8-21-16(23-12)17(18,19)20/h2-5,8H,6-7,9-10H2,1H3. The normalized spacial score (nSPS) is 15.5. The van der Waals surface area contributed by atoms with Gasteiger partial charge in [0, 0.05) is 38.3 Å². The van der Waals surface area contributed by atoms with Crippen LogP contribution in [0.1, 0.15) is 22.9 Å². The first-order chi connectivity index (χ1) is 11.9. The van der Waals surface area contributed by atoms with Crippen LogP contribution in [0, 0.1) is 0 Å². The van der Waals surface area contributed by atoms with Gasteiger partial charge >= 0.3 is 6.18 Å². The number of aromatic nitrogens is 4. The van der Waals surface area contributed by atoms with Crippen LogP contribution in [0.25, 0.3) is 11.0 Å². The topological polar surface area (TPSA) is 46.8 Å². The van der Waals surface area contributed by atoms with E-state index in [1.807, 2.05) is 35.9 Å². The molecule has 0 amide bonds. The van der Waals surface area contributed by atoms with Crippen LogP contribution < -0.4 is 0 Å². The Bertz CT molecular complexity index is 932. The lowest BCUT2D eigenvalue weighted by Crippen LogP contribution is -2.32. The third kappa shape index (κ3) is 2.97. The molecule has 1 aliphatic heterocycles. The second-order valence-electron chi connectivity index (χ2n) is 6.20. The van der Waals surface area contributed by atoms with Crippen molar-refractivity contribution in [2.45, 2.75) is 25.7 Å². The van der Waals surface area contributed by atoms with Crippen molar-refractivity contribution in [2.75, 3.05) is 6.54 Å². The molecule has 1 aliphatic rings. The summed E-state index contributed by atoms with van der Waals surface area (Å²) < 4.78 is 40.2. The lowest BCUT2D eigenvalue weighted by atomic mass is 10.1. The van der Waals surface area contributed by atoms with Gasteiger partial charge in [-0.2, -0.15) is 13.2 Å². The van der Waals surface area contributed by atoms with Gasteiger partial charge in [-0.25, -0.2) is 15.0 Å². The second-order valence-corrected chi connectivity index (χ2v) is 6.20. The molecule has 3 aromatic rings. The number of aryl methyl sites for hydroxylation is 1. The van der Waals surface area contributed by atoms with Crippen LogP contribution in [0.15, 0.2) is 30.5 Å². The van der Waals surface area contributed by atoms with E-state index in [4.69, 9.17) is 0 Å². The molecular formula is C17H16F3N5. The highest BCUT2D eigenvalue weighted by atomic mass is 19.4. The van der Waals surface area contributed by atoms with Crippen LogP contribution in [0.2, 0.25) is 0 Å². The SMILES string of the molecule is Cn1c(CN2CCc3nc(C(F)(F)F)ncc3C2)nc2ccccc21. The Balaban J connectivity index is 1.55. The van der Waals surface area contributed by atoms with E-state index in [2.05, 4.69) is 19.9 Å². The van der Waals surface area contributed by atoms with Gasteiger partial charge in [0.1, 0.15) is 5.82 Å². The van der Waals surface area contributed by atoms with Crippen LogP contribution in [-0.2, 0) is 32.7 Å². The van der Waals surface area contributed by atoms with Gasteiger partial charge in [0.2, 0.25) is 5.82 Å². The van der Waals surface area contributed by atoms with E-state index in [-0.39, 0.29) is 0 Å².